The van der Waals surface area contributed by atoms with Crippen molar-refractivity contribution in [2.45, 2.75) is 6.92 Å². The van der Waals surface area contributed by atoms with Crippen LogP contribution in [0.5, 0.6) is 5.88 Å². The molecule has 2 amide bonds. The van der Waals surface area contributed by atoms with Gasteiger partial charge in [-0.1, -0.05) is 0 Å². The third-order valence-electron chi connectivity index (χ3n) is 2.31. The van der Waals surface area contributed by atoms with Gasteiger partial charge in [-0.2, -0.15) is 0 Å². The lowest BCUT2D eigenvalue weighted by Crippen LogP contribution is -2.36. The Bertz CT molecular complexity index is 475. The maximum absolute atomic E-state index is 11.4. The van der Waals surface area contributed by atoms with E-state index in [1.807, 2.05) is 0 Å². The predicted molar refractivity (Wildman–Crippen MR) is 59.4 cm³/mol. The van der Waals surface area contributed by atoms with Gasteiger partial charge in [0.25, 0.3) is 0 Å². The number of nitrogens with one attached hydrogen (secondary N) is 1. The second-order valence-electron chi connectivity index (χ2n) is 3.50. The molecule has 2 N–H and O–H groups in total. The fourth-order valence-corrected chi connectivity index (χ4v) is 1.62. The molecule has 2 rings (SSSR count). The number of fused-ring (bicyclic) bond motifs is 1. The van der Waals surface area contributed by atoms with E-state index in [1.54, 1.807) is 0 Å². The number of pyridine rings is 1. The summed E-state index contributed by atoms with van der Waals surface area (Å²) in [4.78, 5) is 27.4. The van der Waals surface area contributed by atoms with Gasteiger partial charge in [0.1, 0.15) is 12.3 Å². The number of carbonyl (C=O) groups is 2. The summed E-state index contributed by atoms with van der Waals surface area (Å²) in [6.45, 7) is 2.25. The molecular formula is C10H11N3O4. The Morgan fingerprint density at radius 3 is 3.00 bits per heavy atom. The molecule has 0 aliphatic carbocycles. The zero-order chi connectivity index (χ0) is 12.4. The lowest BCUT2D eigenvalue weighted by atomic mass is 10.3. The van der Waals surface area contributed by atoms with Crippen LogP contribution in [0.1, 0.15) is 6.92 Å². The first-order chi connectivity index (χ1) is 8.08. The van der Waals surface area contributed by atoms with E-state index in [2.05, 4.69) is 10.3 Å². The van der Waals surface area contributed by atoms with E-state index in [4.69, 9.17) is 9.84 Å². The summed E-state index contributed by atoms with van der Waals surface area (Å²) in [5.41, 5.74) is 0.781. The van der Waals surface area contributed by atoms with Crippen molar-refractivity contribution in [1.82, 2.24) is 4.98 Å². The van der Waals surface area contributed by atoms with Gasteiger partial charge >= 0.3 is 6.09 Å². The lowest BCUT2D eigenvalue weighted by Gasteiger charge is -2.27. The van der Waals surface area contributed by atoms with Crippen molar-refractivity contribution in [1.29, 1.82) is 0 Å². The van der Waals surface area contributed by atoms with Crippen LogP contribution >= 0.6 is 0 Å². The van der Waals surface area contributed by atoms with Gasteiger partial charge in [-0.05, 0) is 6.07 Å². The molecule has 7 nitrogen and oxygen atoms in total. The van der Waals surface area contributed by atoms with Crippen LogP contribution in [0, 0.1) is 0 Å². The smallest absolute Gasteiger partial charge is 0.409 e. The standard InChI is InChI=1S/C10H11N3O4/c1-6(14)13-2-3-17-9-8(13)4-7(5-11-9)12-10(15)16/h4-5,12H,2-3H2,1H3,(H,15,16). The number of nitrogens with zero attached hydrogens (tertiary/aromatic N) is 2. The minimum atomic E-state index is -1.18. The molecule has 1 aliphatic heterocycles. The maximum atomic E-state index is 11.4. The molecular weight excluding hydrogens is 226 g/mol. The quantitative estimate of drug-likeness (QED) is 0.757. The summed E-state index contributed by atoms with van der Waals surface area (Å²) in [6, 6.07) is 1.52. The molecule has 0 aromatic carbocycles. The number of hydrogen-bond donors (Lipinski definition) is 2. The number of hydrogen-bond acceptors (Lipinski definition) is 4. The minimum Gasteiger partial charge on any atom is -0.474 e. The van der Waals surface area contributed by atoms with Gasteiger partial charge in [0.05, 0.1) is 18.4 Å². The third kappa shape index (κ3) is 2.27. The van der Waals surface area contributed by atoms with Crippen LogP contribution in [-0.2, 0) is 4.79 Å². The van der Waals surface area contributed by atoms with Crippen molar-refractivity contribution in [3.8, 4) is 5.88 Å². The number of anilines is 2. The molecule has 0 unspecified atom stereocenters. The average Bonchev–Trinajstić information content (AvgIpc) is 2.27. The molecule has 1 aromatic rings. The van der Waals surface area contributed by atoms with E-state index in [1.165, 1.54) is 24.1 Å². The average molecular weight is 237 g/mol. The normalized spacial score (nSPS) is 13.6. The molecule has 1 aromatic heterocycles. The maximum Gasteiger partial charge on any atom is 0.409 e. The van der Waals surface area contributed by atoms with E-state index in [9.17, 15) is 9.59 Å². The Hall–Kier alpha value is -2.31. The number of rotatable bonds is 1. The van der Waals surface area contributed by atoms with Crippen molar-refractivity contribution in [2.75, 3.05) is 23.4 Å². The molecule has 17 heavy (non-hydrogen) atoms. The highest BCUT2D eigenvalue weighted by Gasteiger charge is 2.22. The number of aromatic nitrogens is 1. The zero-order valence-corrected chi connectivity index (χ0v) is 9.14. The second kappa shape index (κ2) is 4.28. The highest BCUT2D eigenvalue weighted by Crippen LogP contribution is 2.31. The number of amides is 2. The molecule has 7 heteroatoms. The number of carboxylic acid groups (broad SMARTS) is 1. The molecule has 0 saturated heterocycles. The van der Waals surface area contributed by atoms with Crippen LogP contribution < -0.4 is 15.0 Å². The highest BCUT2D eigenvalue weighted by molar-refractivity contribution is 5.94. The van der Waals surface area contributed by atoms with Gasteiger partial charge in [-0.3, -0.25) is 10.1 Å². The van der Waals surface area contributed by atoms with Crippen LogP contribution in [0.4, 0.5) is 16.2 Å². The number of carbonyl (C=O) groups excluding carboxylic acids is 1. The minimum absolute atomic E-state index is 0.135. The molecule has 0 saturated carbocycles. The van der Waals surface area contributed by atoms with Gasteiger partial charge in [0.15, 0.2) is 0 Å². The van der Waals surface area contributed by atoms with E-state index in [0.29, 0.717) is 30.4 Å². The first-order valence-corrected chi connectivity index (χ1v) is 4.99. The summed E-state index contributed by atoms with van der Waals surface area (Å²) in [6.07, 6.45) is 0.161. The summed E-state index contributed by atoms with van der Waals surface area (Å²) in [7, 11) is 0. The summed E-state index contributed by atoms with van der Waals surface area (Å²) < 4.78 is 5.28. The van der Waals surface area contributed by atoms with Gasteiger partial charge in [-0.15, -0.1) is 0 Å². The fourth-order valence-electron chi connectivity index (χ4n) is 1.62. The molecule has 0 fully saturated rings. The van der Waals surface area contributed by atoms with Crippen LogP contribution in [0.3, 0.4) is 0 Å². The van der Waals surface area contributed by atoms with Gasteiger partial charge in [-0.25, -0.2) is 9.78 Å². The van der Waals surface area contributed by atoms with Crippen LogP contribution in [-0.4, -0.2) is 35.2 Å². The molecule has 90 valence electrons. The summed E-state index contributed by atoms with van der Waals surface area (Å²) in [5, 5.41) is 10.8. The van der Waals surface area contributed by atoms with Crippen molar-refractivity contribution in [2.24, 2.45) is 0 Å². The zero-order valence-electron chi connectivity index (χ0n) is 9.14. The Morgan fingerprint density at radius 1 is 1.59 bits per heavy atom. The molecule has 0 spiro atoms. The first kappa shape index (κ1) is 11.2. The Kier molecular flexibility index (Phi) is 2.82. The molecule has 0 bridgehead atoms. The van der Waals surface area contributed by atoms with E-state index < -0.39 is 6.09 Å². The van der Waals surface area contributed by atoms with Crippen molar-refractivity contribution in [3.05, 3.63) is 12.3 Å². The lowest BCUT2D eigenvalue weighted by molar-refractivity contribution is -0.116. The topological polar surface area (TPSA) is 91.8 Å². The monoisotopic (exact) mass is 237 g/mol. The van der Waals surface area contributed by atoms with Crippen molar-refractivity contribution < 1.29 is 19.4 Å². The van der Waals surface area contributed by atoms with Crippen molar-refractivity contribution >= 4 is 23.4 Å². The van der Waals surface area contributed by atoms with Crippen LogP contribution in [0.25, 0.3) is 0 Å². The SMILES string of the molecule is CC(=O)N1CCOc2ncc(NC(=O)O)cc21. The molecule has 1 aliphatic rings. The first-order valence-electron chi connectivity index (χ1n) is 4.99. The third-order valence-corrected chi connectivity index (χ3v) is 2.31. The summed E-state index contributed by atoms with van der Waals surface area (Å²) >= 11 is 0. The Morgan fingerprint density at radius 2 is 2.35 bits per heavy atom. The van der Waals surface area contributed by atoms with Crippen LogP contribution in [0.15, 0.2) is 12.3 Å². The fraction of sp³-hybridized carbons (Fsp3) is 0.300. The Balaban J connectivity index is 2.36. The molecule has 0 radical (unpaired) electrons. The van der Waals surface area contributed by atoms with Crippen LogP contribution in [0.2, 0.25) is 0 Å². The van der Waals surface area contributed by atoms with E-state index in [0.717, 1.165) is 0 Å². The summed E-state index contributed by atoms with van der Waals surface area (Å²) in [5.74, 6) is 0.200. The Labute approximate surface area is 97.0 Å². The van der Waals surface area contributed by atoms with Gasteiger partial charge in [0, 0.05) is 6.92 Å². The van der Waals surface area contributed by atoms with E-state index >= 15 is 0 Å². The largest absolute Gasteiger partial charge is 0.474 e. The van der Waals surface area contributed by atoms with Gasteiger partial charge < -0.3 is 14.7 Å². The molecule has 2 heterocycles. The number of ether oxygens (including phenoxy) is 1. The van der Waals surface area contributed by atoms with E-state index in [-0.39, 0.29) is 5.91 Å². The van der Waals surface area contributed by atoms with Crippen molar-refractivity contribution in [3.63, 3.8) is 0 Å². The second-order valence-corrected chi connectivity index (χ2v) is 3.50. The molecule has 0 atom stereocenters. The predicted octanol–water partition coefficient (Wildman–Crippen LogP) is 0.917. The highest BCUT2D eigenvalue weighted by atomic mass is 16.5. The van der Waals surface area contributed by atoms with Gasteiger partial charge in [0.2, 0.25) is 11.8 Å².